The fraction of sp³-hybridized carbons (Fsp3) is 0.333. The van der Waals surface area contributed by atoms with E-state index >= 15 is 0 Å². The molecule has 0 fully saturated rings. The van der Waals surface area contributed by atoms with E-state index in [1.807, 2.05) is 37.3 Å². The molecule has 0 radical (unpaired) electrons. The Hall–Kier alpha value is -2.14. The molecule has 2 aromatic rings. The number of nitrogens with zero attached hydrogens (tertiary/aromatic N) is 2. The minimum Gasteiger partial charge on any atom is -0.493 e. The SMILES string of the molecule is CCOC(C(=O)c1c(OC)cnn1C)c1ccccc1. The summed E-state index contributed by atoms with van der Waals surface area (Å²) in [5.41, 5.74) is 1.23. The number of ether oxygens (including phenoxy) is 2. The molecule has 2 rings (SSSR count). The lowest BCUT2D eigenvalue weighted by molar-refractivity contribution is 0.0441. The van der Waals surface area contributed by atoms with E-state index in [0.29, 0.717) is 18.1 Å². The summed E-state index contributed by atoms with van der Waals surface area (Å²) in [7, 11) is 3.23. The maximum Gasteiger partial charge on any atom is 0.217 e. The van der Waals surface area contributed by atoms with Crippen molar-refractivity contribution in [2.75, 3.05) is 13.7 Å². The van der Waals surface area contributed by atoms with Crippen LogP contribution in [0.2, 0.25) is 0 Å². The minimum absolute atomic E-state index is 0.157. The number of rotatable bonds is 6. The molecule has 5 nitrogen and oxygen atoms in total. The molecule has 0 aliphatic rings. The number of hydrogen-bond acceptors (Lipinski definition) is 4. The van der Waals surface area contributed by atoms with Gasteiger partial charge in [-0.1, -0.05) is 30.3 Å². The fourth-order valence-corrected chi connectivity index (χ4v) is 2.09. The van der Waals surface area contributed by atoms with Gasteiger partial charge < -0.3 is 9.47 Å². The van der Waals surface area contributed by atoms with E-state index in [0.717, 1.165) is 5.56 Å². The molecule has 0 bridgehead atoms. The van der Waals surface area contributed by atoms with Crippen LogP contribution < -0.4 is 4.74 Å². The number of aromatic nitrogens is 2. The van der Waals surface area contributed by atoms with Crippen LogP contribution in [0.5, 0.6) is 5.75 Å². The first kappa shape index (κ1) is 14.3. The highest BCUT2D eigenvalue weighted by molar-refractivity contribution is 6.00. The van der Waals surface area contributed by atoms with Crippen LogP contribution >= 0.6 is 0 Å². The standard InChI is InChI=1S/C15H18N2O3/c1-4-20-15(11-8-6-5-7-9-11)14(18)13-12(19-3)10-16-17(13)2/h5-10,15H,4H2,1-3H3. The van der Waals surface area contributed by atoms with E-state index in [2.05, 4.69) is 5.10 Å². The molecule has 1 atom stereocenters. The Morgan fingerprint density at radius 2 is 2.05 bits per heavy atom. The number of methoxy groups -OCH3 is 1. The van der Waals surface area contributed by atoms with Gasteiger partial charge in [-0.15, -0.1) is 0 Å². The van der Waals surface area contributed by atoms with E-state index in [-0.39, 0.29) is 5.78 Å². The van der Waals surface area contributed by atoms with Crippen LogP contribution in [-0.2, 0) is 11.8 Å². The van der Waals surface area contributed by atoms with Gasteiger partial charge in [-0.25, -0.2) is 0 Å². The average molecular weight is 274 g/mol. The third kappa shape index (κ3) is 2.72. The summed E-state index contributed by atoms with van der Waals surface area (Å²) in [5, 5.41) is 4.06. The zero-order chi connectivity index (χ0) is 14.5. The predicted molar refractivity (Wildman–Crippen MR) is 74.9 cm³/mol. The number of carbonyl (C=O) groups is 1. The molecule has 0 aliphatic carbocycles. The topological polar surface area (TPSA) is 53.4 Å². The van der Waals surface area contributed by atoms with Gasteiger partial charge in [-0.2, -0.15) is 5.10 Å². The van der Waals surface area contributed by atoms with Crippen molar-refractivity contribution >= 4 is 5.78 Å². The van der Waals surface area contributed by atoms with Gasteiger partial charge in [0.1, 0.15) is 11.8 Å². The van der Waals surface area contributed by atoms with Crippen molar-refractivity contribution in [3.8, 4) is 5.75 Å². The first-order valence-corrected chi connectivity index (χ1v) is 6.45. The first-order chi connectivity index (χ1) is 9.69. The normalized spacial score (nSPS) is 12.2. The molecule has 5 heteroatoms. The van der Waals surface area contributed by atoms with Crippen molar-refractivity contribution in [3.63, 3.8) is 0 Å². The maximum atomic E-state index is 12.7. The zero-order valence-electron chi connectivity index (χ0n) is 11.9. The Kier molecular flexibility index (Phi) is 4.53. The lowest BCUT2D eigenvalue weighted by Crippen LogP contribution is -2.20. The van der Waals surface area contributed by atoms with Crippen LogP contribution in [0.1, 0.15) is 29.1 Å². The van der Waals surface area contributed by atoms with E-state index < -0.39 is 6.10 Å². The molecule has 0 saturated carbocycles. The third-order valence-electron chi connectivity index (χ3n) is 3.03. The smallest absolute Gasteiger partial charge is 0.217 e. The van der Waals surface area contributed by atoms with Gasteiger partial charge in [-0.05, 0) is 12.5 Å². The van der Waals surface area contributed by atoms with E-state index in [9.17, 15) is 4.79 Å². The number of ketones is 1. The second kappa shape index (κ2) is 6.34. The van der Waals surface area contributed by atoms with Gasteiger partial charge in [-0.3, -0.25) is 9.48 Å². The van der Waals surface area contributed by atoms with Gasteiger partial charge in [0.05, 0.1) is 13.3 Å². The molecule has 1 unspecified atom stereocenters. The highest BCUT2D eigenvalue weighted by Gasteiger charge is 2.28. The zero-order valence-corrected chi connectivity index (χ0v) is 11.9. The first-order valence-electron chi connectivity index (χ1n) is 6.45. The van der Waals surface area contributed by atoms with Crippen LogP contribution in [0.4, 0.5) is 0 Å². The Labute approximate surface area is 118 Å². The van der Waals surface area contributed by atoms with Crippen LogP contribution in [-0.4, -0.2) is 29.3 Å². The van der Waals surface area contributed by atoms with Crippen LogP contribution in [0.25, 0.3) is 0 Å². The van der Waals surface area contributed by atoms with Gasteiger partial charge in [0, 0.05) is 13.7 Å². The van der Waals surface area contributed by atoms with E-state index in [1.165, 1.54) is 18.0 Å². The number of hydrogen-bond donors (Lipinski definition) is 0. The second-order valence-electron chi connectivity index (χ2n) is 4.30. The number of carbonyl (C=O) groups excluding carboxylic acids is 1. The molecule has 20 heavy (non-hydrogen) atoms. The summed E-state index contributed by atoms with van der Waals surface area (Å²) in [6.07, 6.45) is 0.881. The van der Waals surface area contributed by atoms with E-state index in [4.69, 9.17) is 9.47 Å². The molecule has 0 amide bonds. The fourth-order valence-electron chi connectivity index (χ4n) is 2.09. The molecular formula is C15H18N2O3. The molecular weight excluding hydrogens is 256 g/mol. The van der Waals surface area contributed by atoms with Gasteiger partial charge in [0.2, 0.25) is 5.78 Å². The number of benzene rings is 1. The summed E-state index contributed by atoms with van der Waals surface area (Å²) < 4.78 is 12.3. The molecule has 0 N–H and O–H groups in total. The molecule has 0 spiro atoms. The van der Waals surface area contributed by atoms with Gasteiger partial charge >= 0.3 is 0 Å². The minimum atomic E-state index is -0.648. The molecule has 1 aromatic carbocycles. The number of aryl methyl sites for hydroxylation is 1. The van der Waals surface area contributed by atoms with Crippen molar-refractivity contribution in [2.45, 2.75) is 13.0 Å². The monoisotopic (exact) mass is 274 g/mol. The average Bonchev–Trinajstić information content (AvgIpc) is 2.86. The Bertz CT molecular complexity index is 578. The maximum absolute atomic E-state index is 12.7. The number of Topliss-reactive ketones (excluding diaryl/α,β-unsaturated/α-hetero) is 1. The van der Waals surface area contributed by atoms with Gasteiger partial charge in [0.25, 0.3) is 0 Å². The van der Waals surface area contributed by atoms with Crippen LogP contribution in [0.3, 0.4) is 0 Å². The van der Waals surface area contributed by atoms with Crippen molar-refractivity contribution < 1.29 is 14.3 Å². The summed E-state index contributed by atoms with van der Waals surface area (Å²) in [5.74, 6) is 0.299. The quantitative estimate of drug-likeness (QED) is 0.759. The lowest BCUT2D eigenvalue weighted by atomic mass is 10.0. The highest BCUT2D eigenvalue weighted by atomic mass is 16.5. The van der Waals surface area contributed by atoms with Crippen LogP contribution in [0.15, 0.2) is 36.5 Å². The van der Waals surface area contributed by atoms with Crippen LogP contribution in [0, 0.1) is 0 Å². The van der Waals surface area contributed by atoms with Crippen molar-refractivity contribution in [1.82, 2.24) is 9.78 Å². The summed E-state index contributed by atoms with van der Waals surface area (Å²) in [6, 6.07) is 9.42. The Morgan fingerprint density at radius 3 is 2.65 bits per heavy atom. The highest BCUT2D eigenvalue weighted by Crippen LogP contribution is 2.27. The summed E-state index contributed by atoms with van der Waals surface area (Å²) in [4.78, 5) is 12.7. The Morgan fingerprint density at radius 1 is 1.35 bits per heavy atom. The largest absolute Gasteiger partial charge is 0.493 e. The molecule has 0 saturated heterocycles. The molecule has 1 aromatic heterocycles. The summed E-state index contributed by atoms with van der Waals surface area (Å²) in [6.45, 7) is 2.31. The molecule has 1 heterocycles. The van der Waals surface area contributed by atoms with Crippen molar-refractivity contribution in [1.29, 1.82) is 0 Å². The van der Waals surface area contributed by atoms with Crippen molar-refractivity contribution in [2.24, 2.45) is 7.05 Å². The molecule has 0 aliphatic heterocycles. The second-order valence-corrected chi connectivity index (χ2v) is 4.30. The van der Waals surface area contributed by atoms with Crippen molar-refractivity contribution in [3.05, 3.63) is 47.8 Å². The third-order valence-corrected chi connectivity index (χ3v) is 3.03. The van der Waals surface area contributed by atoms with Gasteiger partial charge in [0.15, 0.2) is 5.75 Å². The van der Waals surface area contributed by atoms with E-state index in [1.54, 1.807) is 7.05 Å². The molecule has 106 valence electrons. The summed E-state index contributed by atoms with van der Waals surface area (Å²) >= 11 is 0. The lowest BCUT2D eigenvalue weighted by Gasteiger charge is -2.17. The predicted octanol–water partition coefficient (Wildman–Crippen LogP) is 2.39. The Balaban J connectivity index is 2.39.